The molecule has 6 aromatic rings. The van der Waals surface area contributed by atoms with Gasteiger partial charge in [0.25, 0.3) is 0 Å². The van der Waals surface area contributed by atoms with Crippen LogP contribution in [-0.2, 0) is 22.0 Å². The van der Waals surface area contributed by atoms with Crippen LogP contribution in [0.25, 0.3) is 49.9 Å². The summed E-state index contributed by atoms with van der Waals surface area (Å²) in [7, 11) is 17.1. The predicted octanol–water partition coefficient (Wildman–Crippen LogP) is 12.2. The number of hydrogen-bond acceptors (Lipinski definition) is 0. The van der Waals surface area contributed by atoms with Crippen molar-refractivity contribution in [3.8, 4) is 22.3 Å². The van der Waals surface area contributed by atoms with Gasteiger partial charge in [0.1, 0.15) is 0 Å². The minimum atomic E-state index is -4.83. The zero-order valence-electron chi connectivity index (χ0n) is 26.8. The van der Waals surface area contributed by atoms with Crippen molar-refractivity contribution in [2.24, 2.45) is 0 Å². The summed E-state index contributed by atoms with van der Waals surface area (Å²) in [6.45, 7) is 7.16. The van der Waals surface area contributed by atoms with Gasteiger partial charge in [-0.1, -0.05) is 0 Å². The molecule has 0 heterocycles. The minimum absolute atomic E-state index is 0.0781. The molecule has 0 amide bonds. The van der Waals surface area contributed by atoms with Gasteiger partial charge in [-0.15, -0.1) is 0 Å². The Morgan fingerprint density at radius 1 is 0.717 bits per heavy atom. The van der Waals surface area contributed by atoms with Gasteiger partial charge >= 0.3 is 284 Å². The standard InChI is InChI=1S/C27H23.C13H9.C2H7Si.2ClH.Zr/c1-2-3-9-19-16-20-12-8-15-25(26(20)17-19)27-23-13-6-4-10-21(23)18-22-11-5-7-14-24(22)27;1-3-7-12-10(5-1)9-11-6-2-4-8-13(11)12;1-3-2;;;/h4-8,10-18H,2-3,9H2,1H3;1-5,7-8H,9H2;3H,1-2H3;2*1H;/q;;;;;+2/p-2. The van der Waals surface area contributed by atoms with Crippen molar-refractivity contribution in [2.75, 3.05) is 0 Å². The Balaban J connectivity index is 1.41. The van der Waals surface area contributed by atoms with E-state index in [-0.39, 0.29) is 3.63 Å². The summed E-state index contributed by atoms with van der Waals surface area (Å²) in [4.78, 5) is 0. The third kappa shape index (κ3) is 4.47. The number of hydrogen-bond donors (Lipinski definition) is 0. The first-order valence-corrected chi connectivity index (χ1v) is 33.0. The molecule has 0 spiro atoms. The fourth-order valence-corrected chi connectivity index (χ4v) is 36.5. The molecule has 0 N–H and O–H groups in total. The Bertz CT molecular complexity index is 2160. The molecule has 0 aliphatic heterocycles. The van der Waals surface area contributed by atoms with Gasteiger partial charge in [0.15, 0.2) is 0 Å². The first kappa shape index (κ1) is 30.6. The normalized spacial score (nSPS) is 16.3. The van der Waals surface area contributed by atoms with E-state index in [2.05, 4.69) is 141 Å². The molecule has 1 unspecified atom stereocenters. The second-order valence-electron chi connectivity index (χ2n) is 13.7. The molecule has 2 aliphatic carbocycles. The van der Waals surface area contributed by atoms with Crippen molar-refractivity contribution < 1.29 is 15.6 Å². The monoisotopic (exact) mass is 731 g/mol. The molecular formula is C42H39Cl2SiZr. The van der Waals surface area contributed by atoms with E-state index in [4.69, 9.17) is 17.0 Å². The number of benzene rings is 6. The van der Waals surface area contributed by atoms with Gasteiger partial charge in [0.2, 0.25) is 0 Å². The average Bonchev–Trinajstić information content (AvgIpc) is 3.65. The van der Waals surface area contributed by atoms with Crippen LogP contribution in [0, 0.1) is 0 Å². The first-order chi connectivity index (χ1) is 22.3. The molecule has 0 radical (unpaired) electrons. The third-order valence-electron chi connectivity index (χ3n) is 11.0. The summed E-state index contributed by atoms with van der Waals surface area (Å²) in [5, 5.41) is 5.12. The van der Waals surface area contributed by atoms with Gasteiger partial charge in [0.05, 0.1) is 0 Å². The molecular weight excluding hydrogens is 695 g/mol. The average molecular weight is 734 g/mol. The second-order valence-corrected chi connectivity index (χ2v) is 55.2. The molecule has 4 heteroatoms. The Hall–Kier alpha value is -2.74. The van der Waals surface area contributed by atoms with E-state index in [9.17, 15) is 0 Å². The van der Waals surface area contributed by atoms with Crippen LogP contribution in [0.2, 0.25) is 13.1 Å². The molecule has 0 fully saturated rings. The Kier molecular flexibility index (Phi) is 7.61. The van der Waals surface area contributed by atoms with Crippen LogP contribution < -0.4 is 3.27 Å². The van der Waals surface area contributed by atoms with Crippen molar-refractivity contribution >= 4 is 53.8 Å². The van der Waals surface area contributed by atoms with Crippen molar-refractivity contribution in [2.45, 2.75) is 49.3 Å². The Labute approximate surface area is 281 Å². The van der Waals surface area contributed by atoms with Gasteiger partial charge in [-0.2, -0.15) is 0 Å². The number of rotatable bonds is 7. The summed E-state index contributed by atoms with van der Waals surface area (Å²) in [6.07, 6.45) is 6.76. The SMILES string of the molecule is CCCCC1=Cc2c(-c3c4ccccc4cc4ccccc34)cccc2[CH]1[Zr]([Cl])([Cl])([c]1cccc2c1Cc1ccccc1-2)[SiH](C)C. The van der Waals surface area contributed by atoms with E-state index < -0.39 is 21.5 Å². The van der Waals surface area contributed by atoms with Crippen LogP contribution in [0.5, 0.6) is 0 Å². The van der Waals surface area contributed by atoms with E-state index in [1.165, 1.54) is 74.9 Å². The molecule has 0 aromatic heterocycles. The summed E-state index contributed by atoms with van der Waals surface area (Å²) in [5.74, 6) is -1.63. The van der Waals surface area contributed by atoms with Crippen LogP contribution in [0.3, 0.4) is 0 Å². The zero-order valence-corrected chi connectivity index (χ0v) is 31.9. The predicted molar refractivity (Wildman–Crippen MR) is 202 cm³/mol. The van der Waals surface area contributed by atoms with Crippen LogP contribution in [-0.4, -0.2) is 5.92 Å². The van der Waals surface area contributed by atoms with Crippen molar-refractivity contribution in [1.29, 1.82) is 0 Å². The number of halogens is 2. The first-order valence-electron chi connectivity index (χ1n) is 16.8. The summed E-state index contributed by atoms with van der Waals surface area (Å²) >= 11 is -4.83. The van der Waals surface area contributed by atoms with Crippen molar-refractivity contribution in [1.82, 2.24) is 0 Å². The van der Waals surface area contributed by atoms with Gasteiger partial charge in [-0.3, -0.25) is 0 Å². The molecule has 229 valence electrons. The van der Waals surface area contributed by atoms with Crippen molar-refractivity contribution in [3.05, 3.63) is 143 Å². The van der Waals surface area contributed by atoms with Crippen molar-refractivity contribution in [3.63, 3.8) is 0 Å². The van der Waals surface area contributed by atoms with E-state index in [0.717, 1.165) is 25.7 Å². The molecule has 0 saturated carbocycles. The van der Waals surface area contributed by atoms with Gasteiger partial charge < -0.3 is 0 Å². The second kappa shape index (κ2) is 11.5. The summed E-state index contributed by atoms with van der Waals surface area (Å²) in [5.41, 5.74) is 12.2. The molecule has 2 aliphatic rings. The van der Waals surface area contributed by atoms with E-state index >= 15 is 0 Å². The molecule has 0 saturated heterocycles. The number of fused-ring (bicyclic) bond motifs is 6. The fourth-order valence-electron chi connectivity index (χ4n) is 8.61. The molecule has 0 bridgehead atoms. The molecule has 46 heavy (non-hydrogen) atoms. The van der Waals surface area contributed by atoms with Crippen LogP contribution in [0.15, 0.2) is 121 Å². The molecule has 1 atom stereocenters. The van der Waals surface area contributed by atoms with Crippen LogP contribution in [0.1, 0.15) is 52.1 Å². The molecule has 6 aromatic carbocycles. The summed E-state index contributed by atoms with van der Waals surface area (Å²) in [6, 6.07) is 42.7. The van der Waals surface area contributed by atoms with E-state index in [1.54, 1.807) is 0 Å². The van der Waals surface area contributed by atoms with E-state index in [1.807, 2.05) is 0 Å². The van der Waals surface area contributed by atoms with Gasteiger partial charge in [-0.05, 0) is 0 Å². The van der Waals surface area contributed by atoms with E-state index in [0.29, 0.717) is 0 Å². The zero-order chi connectivity index (χ0) is 31.7. The Morgan fingerprint density at radius 2 is 1.35 bits per heavy atom. The quantitative estimate of drug-likeness (QED) is 0.113. The Morgan fingerprint density at radius 3 is 2.07 bits per heavy atom. The van der Waals surface area contributed by atoms with Gasteiger partial charge in [0, 0.05) is 0 Å². The number of allylic oxidation sites excluding steroid dienone is 1. The van der Waals surface area contributed by atoms with Crippen LogP contribution >= 0.6 is 17.0 Å². The molecule has 0 nitrogen and oxygen atoms in total. The topological polar surface area (TPSA) is 0 Å². The maximum atomic E-state index is 8.57. The van der Waals surface area contributed by atoms with Crippen LogP contribution in [0.4, 0.5) is 0 Å². The number of unbranched alkanes of at least 4 members (excludes halogenated alkanes) is 1. The third-order valence-corrected chi connectivity index (χ3v) is 60.9. The van der Waals surface area contributed by atoms with Gasteiger partial charge in [-0.25, -0.2) is 0 Å². The summed E-state index contributed by atoms with van der Waals surface area (Å²) < 4.78 is 1.40. The molecule has 8 rings (SSSR count). The fraction of sp³-hybridized carbons (Fsp3) is 0.190. The maximum absolute atomic E-state index is 8.57.